The van der Waals surface area contributed by atoms with Crippen LogP contribution in [0.5, 0.6) is 0 Å². The first-order chi connectivity index (χ1) is 9.65. The van der Waals surface area contributed by atoms with E-state index in [1.54, 1.807) is 19.2 Å². The van der Waals surface area contributed by atoms with Gasteiger partial charge in [0.1, 0.15) is 11.5 Å². The van der Waals surface area contributed by atoms with E-state index in [4.69, 9.17) is 16.3 Å². The lowest BCUT2D eigenvalue weighted by Gasteiger charge is -2.17. The van der Waals surface area contributed by atoms with E-state index in [2.05, 4.69) is 22.5 Å². The van der Waals surface area contributed by atoms with E-state index in [-0.39, 0.29) is 17.7 Å². The summed E-state index contributed by atoms with van der Waals surface area (Å²) in [5, 5.41) is 6.15. The van der Waals surface area contributed by atoms with Gasteiger partial charge in [0.2, 0.25) is 0 Å². The summed E-state index contributed by atoms with van der Waals surface area (Å²) < 4.78 is 5.61. The van der Waals surface area contributed by atoms with E-state index in [1.807, 2.05) is 0 Å². The minimum absolute atomic E-state index is 0.238. The monoisotopic (exact) mass is 297 g/mol. The van der Waals surface area contributed by atoms with Crippen molar-refractivity contribution in [3.63, 3.8) is 0 Å². The molecular weight excluding hydrogens is 278 g/mol. The van der Waals surface area contributed by atoms with E-state index in [0.29, 0.717) is 23.3 Å². The van der Waals surface area contributed by atoms with Gasteiger partial charge in [0.05, 0.1) is 11.1 Å². The average molecular weight is 298 g/mol. The van der Waals surface area contributed by atoms with Crippen LogP contribution in [0.2, 0.25) is 5.02 Å². The molecule has 1 fully saturated rings. The van der Waals surface area contributed by atoms with Gasteiger partial charge in [-0.1, -0.05) is 18.5 Å². The summed E-state index contributed by atoms with van der Waals surface area (Å²) in [6, 6.07) is 3.40. The molecule has 5 nitrogen and oxygen atoms in total. The maximum Gasteiger partial charge on any atom is 0.271 e. The summed E-state index contributed by atoms with van der Waals surface area (Å²) in [7, 11) is 1.75. The van der Waals surface area contributed by atoms with Crippen LogP contribution >= 0.6 is 11.6 Å². The highest BCUT2D eigenvalue weighted by atomic mass is 35.5. The van der Waals surface area contributed by atoms with Crippen LogP contribution in [0.25, 0.3) is 0 Å². The second-order valence-corrected chi connectivity index (χ2v) is 5.26. The second-order valence-electron chi connectivity index (χ2n) is 4.85. The Morgan fingerprint density at radius 1 is 1.55 bits per heavy atom. The molecule has 0 aliphatic carbocycles. The molecule has 1 saturated heterocycles. The van der Waals surface area contributed by atoms with Crippen LogP contribution in [0.3, 0.4) is 0 Å². The molecule has 1 aliphatic rings. The first kappa shape index (κ1) is 15.1. The van der Waals surface area contributed by atoms with Crippen LogP contribution in [-0.4, -0.2) is 37.2 Å². The largest absolute Gasteiger partial charge is 0.378 e. The lowest BCUT2D eigenvalue weighted by atomic mass is 10.00. The number of amides is 1. The number of carbonyl (C=O) groups is 1. The Morgan fingerprint density at radius 2 is 2.35 bits per heavy atom. The van der Waals surface area contributed by atoms with Crippen LogP contribution in [0, 0.1) is 5.92 Å². The van der Waals surface area contributed by atoms with Crippen molar-refractivity contribution in [1.29, 1.82) is 0 Å². The maximum atomic E-state index is 12.2. The highest BCUT2D eigenvalue weighted by Gasteiger charge is 2.27. The van der Waals surface area contributed by atoms with Gasteiger partial charge in [-0.05, 0) is 25.0 Å². The van der Waals surface area contributed by atoms with Crippen LogP contribution in [-0.2, 0) is 4.74 Å². The number of rotatable bonds is 5. The number of halogens is 1. The molecule has 0 aromatic carbocycles. The molecule has 0 spiro atoms. The van der Waals surface area contributed by atoms with Crippen molar-refractivity contribution in [3.8, 4) is 0 Å². The Balaban J connectivity index is 1.98. The summed E-state index contributed by atoms with van der Waals surface area (Å²) in [5.74, 6) is 0.749. The third-order valence-electron chi connectivity index (χ3n) is 3.59. The molecule has 2 N–H and O–H groups in total. The molecule has 2 unspecified atom stereocenters. The fraction of sp³-hybridized carbons (Fsp3) is 0.571. The molecule has 1 aliphatic heterocycles. The molecule has 2 rings (SSSR count). The minimum atomic E-state index is -0.242. The molecule has 2 heterocycles. The van der Waals surface area contributed by atoms with E-state index in [1.165, 1.54) is 0 Å². The number of ether oxygens (including phenoxy) is 1. The van der Waals surface area contributed by atoms with Crippen LogP contribution < -0.4 is 10.6 Å². The van der Waals surface area contributed by atoms with Gasteiger partial charge in [-0.3, -0.25) is 4.79 Å². The topological polar surface area (TPSA) is 63.2 Å². The summed E-state index contributed by atoms with van der Waals surface area (Å²) in [6.07, 6.45) is 2.19. The van der Waals surface area contributed by atoms with Gasteiger partial charge in [-0.15, -0.1) is 0 Å². The molecule has 0 saturated carbocycles. The summed E-state index contributed by atoms with van der Waals surface area (Å²) in [4.78, 5) is 16.3. The lowest BCUT2D eigenvalue weighted by molar-refractivity contribution is 0.0825. The zero-order chi connectivity index (χ0) is 14.5. The van der Waals surface area contributed by atoms with Crippen molar-refractivity contribution in [3.05, 3.63) is 22.8 Å². The van der Waals surface area contributed by atoms with Crippen molar-refractivity contribution in [2.75, 3.05) is 25.5 Å². The number of aromatic nitrogens is 1. The average Bonchev–Trinajstić information content (AvgIpc) is 2.92. The number of carbonyl (C=O) groups excluding carboxylic acids is 1. The van der Waals surface area contributed by atoms with Gasteiger partial charge in [0.25, 0.3) is 5.91 Å². The van der Waals surface area contributed by atoms with Gasteiger partial charge >= 0.3 is 0 Å². The Morgan fingerprint density at radius 3 is 3.05 bits per heavy atom. The summed E-state index contributed by atoms with van der Waals surface area (Å²) in [6.45, 7) is 3.46. The number of anilines is 1. The van der Waals surface area contributed by atoms with Crippen LogP contribution in [0.4, 0.5) is 5.82 Å². The van der Waals surface area contributed by atoms with Crippen molar-refractivity contribution in [2.45, 2.75) is 25.9 Å². The van der Waals surface area contributed by atoms with Gasteiger partial charge < -0.3 is 15.4 Å². The Bertz CT molecular complexity index is 481. The Labute approximate surface area is 124 Å². The number of nitrogens with one attached hydrogen (secondary N) is 2. The zero-order valence-electron chi connectivity index (χ0n) is 11.8. The smallest absolute Gasteiger partial charge is 0.271 e. The summed E-state index contributed by atoms with van der Waals surface area (Å²) in [5.41, 5.74) is 0.255. The van der Waals surface area contributed by atoms with Crippen molar-refractivity contribution < 1.29 is 9.53 Å². The van der Waals surface area contributed by atoms with Crippen molar-refractivity contribution in [2.24, 2.45) is 5.92 Å². The quantitative estimate of drug-likeness (QED) is 0.875. The van der Waals surface area contributed by atoms with E-state index in [0.717, 1.165) is 19.4 Å². The molecule has 2 atom stereocenters. The molecule has 20 heavy (non-hydrogen) atoms. The number of pyridine rings is 1. The standard InChI is InChI=1S/C14H20ClN3O2/c1-3-11-9(6-7-20-11)8-17-14(19)13-10(15)4-5-12(16-2)18-13/h4-5,9,11H,3,6-8H2,1-2H3,(H,16,18)(H,17,19). The highest BCUT2D eigenvalue weighted by molar-refractivity contribution is 6.33. The third-order valence-corrected chi connectivity index (χ3v) is 3.90. The molecule has 110 valence electrons. The van der Waals surface area contributed by atoms with Gasteiger partial charge in [-0.25, -0.2) is 4.98 Å². The zero-order valence-corrected chi connectivity index (χ0v) is 12.5. The second kappa shape index (κ2) is 6.90. The molecule has 1 aromatic rings. The third kappa shape index (κ3) is 3.41. The highest BCUT2D eigenvalue weighted by Crippen LogP contribution is 2.23. The predicted octanol–water partition coefficient (Wildman–Crippen LogP) is 2.32. The summed E-state index contributed by atoms with van der Waals surface area (Å²) >= 11 is 6.02. The van der Waals surface area contributed by atoms with Gasteiger partial charge in [0.15, 0.2) is 0 Å². The molecular formula is C14H20ClN3O2. The first-order valence-electron chi connectivity index (χ1n) is 6.89. The fourth-order valence-electron chi connectivity index (χ4n) is 2.43. The van der Waals surface area contributed by atoms with E-state index >= 15 is 0 Å². The molecule has 0 radical (unpaired) electrons. The SMILES string of the molecule is CCC1OCCC1CNC(=O)c1nc(NC)ccc1Cl. The maximum absolute atomic E-state index is 12.2. The van der Waals surface area contributed by atoms with Gasteiger partial charge in [0, 0.05) is 26.1 Å². The van der Waals surface area contributed by atoms with Crippen LogP contribution in [0.15, 0.2) is 12.1 Å². The fourth-order valence-corrected chi connectivity index (χ4v) is 2.62. The number of hydrogen-bond acceptors (Lipinski definition) is 4. The molecule has 1 amide bonds. The lowest BCUT2D eigenvalue weighted by Crippen LogP contribution is -2.33. The molecule has 0 bridgehead atoms. The molecule has 1 aromatic heterocycles. The first-order valence-corrected chi connectivity index (χ1v) is 7.27. The normalized spacial score (nSPS) is 21.8. The van der Waals surface area contributed by atoms with Crippen molar-refractivity contribution >= 4 is 23.3 Å². The van der Waals surface area contributed by atoms with Gasteiger partial charge in [-0.2, -0.15) is 0 Å². The minimum Gasteiger partial charge on any atom is -0.378 e. The number of nitrogens with zero attached hydrogens (tertiary/aromatic N) is 1. The van der Waals surface area contributed by atoms with E-state index < -0.39 is 0 Å². The predicted molar refractivity (Wildman–Crippen MR) is 79.3 cm³/mol. The van der Waals surface area contributed by atoms with Crippen molar-refractivity contribution in [1.82, 2.24) is 10.3 Å². The Hall–Kier alpha value is -1.33. The number of hydrogen-bond donors (Lipinski definition) is 2. The molecule has 6 heteroatoms. The van der Waals surface area contributed by atoms with E-state index in [9.17, 15) is 4.79 Å². The Kier molecular flexibility index (Phi) is 5.20. The van der Waals surface area contributed by atoms with Crippen LogP contribution in [0.1, 0.15) is 30.3 Å².